The van der Waals surface area contributed by atoms with Crippen molar-refractivity contribution in [2.24, 2.45) is 11.3 Å². The fourth-order valence-electron chi connectivity index (χ4n) is 3.76. The lowest BCUT2D eigenvalue weighted by Crippen LogP contribution is -2.45. The molecule has 4 nitrogen and oxygen atoms in total. The van der Waals surface area contributed by atoms with E-state index in [1.54, 1.807) is 0 Å². The molecule has 2 N–H and O–H groups in total. The summed E-state index contributed by atoms with van der Waals surface area (Å²) in [6.07, 6.45) is 7.71. The van der Waals surface area contributed by atoms with Crippen molar-refractivity contribution in [1.29, 1.82) is 0 Å². The second-order valence-electron chi connectivity index (χ2n) is 6.59. The fraction of sp³-hybridized carbons (Fsp3) is 0.933. The molecular weight excluding hydrogens is 272 g/mol. The minimum Gasteiger partial charge on any atom is -0.381 e. The van der Waals surface area contributed by atoms with Gasteiger partial charge in [0.2, 0.25) is 5.91 Å². The lowest BCUT2D eigenvalue weighted by atomic mass is 9.91. The number of amides is 1. The highest BCUT2D eigenvalue weighted by Gasteiger charge is 2.57. The number of thioether (sulfide) groups is 1. The number of carbonyl (C=O) groups excluding carboxylic acids is 1. The molecule has 2 heterocycles. The molecule has 0 aromatic carbocycles. The van der Waals surface area contributed by atoms with Gasteiger partial charge in [0, 0.05) is 30.4 Å². The van der Waals surface area contributed by atoms with E-state index in [0.29, 0.717) is 11.3 Å². The third-order valence-corrected chi connectivity index (χ3v) is 6.95. The van der Waals surface area contributed by atoms with Crippen LogP contribution in [0.25, 0.3) is 0 Å². The highest BCUT2D eigenvalue weighted by Crippen LogP contribution is 2.58. The molecule has 1 amide bonds. The molecular formula is C15H26N2O2S. The Morgan fingerprint density at radius 3 is 2.65 bits per heavy atom. The van der Waals surface area contributed by atoms with Gasteiger partial charge >= 0.3 is 0 Å². The molecule has 0 aromatic heterocycles. The SMILES string of the molecule is CSC1(CNC(=O)C2CC23CCNCC3)CCOCC1. The normalized spacial score (nSPS) is 30.9. The predicted octanol–water partition coefficient (Wildman–Crippen LogP) is 1.40. The van der Waals surface area contributed by atoms with Crippen molar-refractivity contribution in [3.8, 4) is 0 Å². The molecule has 0 aromatic rings. The smallest absolute Gasteiger partial charge is 0.223 e. The average molecular weight is 298 g/mol. The van der Waals surface area contributed by atoms with Crippen LogP contribution in [0.2, 0.25) is 0 Å². The molecule has 1 atom stereocenters. The van der Waals surface area contributed by atoms with E-state index in [1.807, 2.05) is 11.8 Å². The number of rotatable bonds is 4. The molecule has 2 aliphatic heterocycles. The Balaban J connectivity index is 1.50. The van der Waals surface area contributed by atoms with Crippen LogP contribution in [0, 0.1) is 11.3 Å². The Morgan fingerprint density at radius 1 is 1.30 bits per heavy atom. The predicted molar refractivity (Wildman–Crippen MR) is 82.0 cm³/mol. The molecule has 1 unspecified atom stereocenters. The molecule has 1 spiro atoms. The van der Waals surface area contributed by atoms with Gasteiger partial charge in [-0.3, -0.25) is 4.79 Å². The third-order valence-electron chi connectivity index (χ3n) is 5.53. The first-order valence-corrected chi connectivity index (χ1v) is 9.04. The third kappa shape index (κ3) is 2.85. The Hall–Kier alpha value is -0.260. The van der Waals surface area contributed by atoms with Crippen molar-refractivity contribution in [2.75, 3.05) is 39.1 Å². The van der Waals surface area contributed by atoms with Gasteiger partial charge in [-0.15, -0.1) is 0 Å². The molecule has 3 aliphatic rings. The number of hydrogen-bond acceptors (Lipinski definition) is 4. The van der Waals surface area contributed by atoms with Gasteiger partial charge in [-0.1, -0.05) is 0 Å². The Bertz CT molecular complexity index is 363. The maximum atomic E-state index is 12.4. The molecule has 0 radical (unpaired) electrons. The summed E-state index contributed by atoms with van der Waals surface area (Å²) in [5.41, 5.74) is 0.345. The van der Waals surface area contributed by atoms with E-state index in [4.69, 9.17) is 4.74 Å². The van der Waals surface area contributed by atoms with Crippen molar-refractivity contribution in [3.05, 3.63) is 0 Å². The molecule has 2 saturated heterocycles. The standard InChI is InChI=1S/C15H26N2O2S/c1-20-15(4-8-19-9-5-15)11-17-13(18)12-10-14(12)2-6-16-7-3-14/h12,16H,2-11H2,1H3,(H,17,18). The monoisotopic (exact) mass is 298 g/mol. The van der Waals surface area contributed by atoms with Crippen LogP contribution in [-0.2, 0) is 9.53 Å². The molecule has 3 fully saturated rings. The van der Waals surface area contributed by atoms with Crippen molar-refractivity contribution >= 4 is 17.7 Å². The Kier molecular flexibility index (Phi) is 4.29. The summed E-state index contributed by atoms with van der Waals surface area (Å²) in [5, 5.41) is 6.63. The summed E-state index contributed by atoms with van der Waals surface area (Å²) in [6.45, 7) is 4.62. The lowest BCUT2D eigenvalue weighted by molar-refractivity contribution is -0.123. The second-order valence-corrected chi connectivity index (χ2v) is 7.86. The number of hydrogen-bond donors (Lipinski definition) is 2. The quantitative estimate of drug-likeness (QED) is 0.824. The first-order valence-electron chi connectivity index (χ1n) is 7.81. The van der Waals surface area contributed by atoms with E-state index < -0.39 is 0 Å². The van der Waals surface area contributed by atoms with Gasteiger partial charge in [-0.05, 0) is 56.9 Å². The highest BCUT2D eigenvalue weighted by atomic mass is 32.2. The van der Waals surface area contributed by atoms with Crippen LogP contribution in [0.1, 0.15) is 32.1 Å². The van der Waals surface area contributed by atoms with E-state index in [2.05, 4.69) is 16.9 Å². The molecule has 1 aliphatic carbocycles. The van der Waals surface area contributed by atoms with Crippen molar-refractivity contribution < 1.29 is 9.53 Å². The van der Waals surface area contributed by atoms with Crippen LogP contribution >= 0.6 is 11.8 Å². The minimum atomic E-state index is 0.198. The van der Waals surface area contributed by atoms with Gasteiger partial charge < -0.3 is 15.4 Å². The van der Waals surface area contributed by atoms with Crippen LogP contribution < -0.4 is 10.6 Å². The zero-order valence-corrected chi connectivity index (χ0v) is 13.2. The van der Waals surface area contributed by atoms with Crippen LogP contribution in [0.4, 0.5) is 0 Å². The van der Waals surface area contributed by atoms with Gasteiger partial charge in [-0.25, -0.2) is 0 Å². The molecule has 0 bridgehead atoms. The summed E-state index contributed by atoms with van der Waals surface area (Å²) < 4.78 is 5.65. The fourth-order valence-corrected chi connectivity index (χ4v) is 4.55. The van der Waals surface area contributed by atoms with E-state index in [9.17, 15) is 4.79 Å². The summed E-state index contributed by atoms with van der Waals surface area (Å²) in [7, 11) is 0. The van der Waals surface area contributed by atoms with Crippen molar-refractivity contribution in [2.45, 2.75) is 36.9 Å². The summed E-state index contributed by atoms with van der Waals surface area (Å²) in [4.78, 5) is 12.4. The molecule has 1 saturated carbocycles. The largest absolute Gasteiger partial charge is 0.381 e. The van der Waals surface area contributed by atoms with Crippen LogP contribution in [0.15, 0.2) is 0 Å². The van der Waals surface area contributed by atoms with Crippen molar-refractivity contribution in [1.82, 2.24) is 10.6 Å². The summed E-state index contributed by atoms with van der Waals surface area (Å²) >= 11 is 1.89. The topological polar surface area (TPSA) is 50.4 Å². The van der Waals surface area contributed by atoms with Crippen molar-refractivity contribution in [3.63, 3.8) is 0 Å². The minimum absolute atomic E-state index is 0.198. The molecule has 5 heteroatoms. The zero-order chi connectivity index (χ0) is 14.1. The molecule has 3 rings (SSSR count). The van der Waals surface area contributed by atoms with E-state index >= 15 is 0 Å². The van der Waals surface area contributed by atoms with Gasteiger partial charge in [0.05, 0.1) is 0 Å². The van der Waals surface area contributed by atoms with Gasteiger partial charge in [0.15, 0.2) is 0 Å². The maximum Gasteiger partial charge on any atom is 0.223 e. The number of piperidine rings is 1. The van der Waals surface area contributed by atoms with Gasteiger partial charge in [0.25, 0.3) is 0 Å². The maximum absolute atomic E-state index is 12.4. The van der Waals surface area contributed by atoms with E-state index in [1.165, 1.54) is 12.8 Å². The Morgan fingerprint density at radius 2 is 2.00 bits per heavy atom. The van der Waals surface area contributed by atoms with Crippen LogP contribution in [0.5, 0.6) is 0 Å². The van der Waals surface area contributed by atoms with Gasteiger partial charge in [-0.2, -0.15) is 11.8 Å². The lowest BCUT2D eigenvalue weighted by Gasteiger charge is -2.35. The molecule has 20 heavy (non-hydrogen) atoms. The second kappa shape index (κ2) is 5.85. The molecule has 114 valence electrons. The number of ether oxygens (including phenoxy) is 1. The van der Waals surface area contributed by atoms with Crippen LogP contribution in [0.3, 0.4) is 0 Å². The van der Waals surface area contributed by atoms with Gasteiger partial charge in [0.1, 0.15) is 0 Å². The first kappa shape index (κ1) is 14.7. The summed E-state index contributed by atoms with van der Waals surface area (Å²) in [5.74, 6) is 0.579. The number of nitrogens with one attached hydrogen (secondary N) is 2. The summed E-state index contributed by atoms with van der Waals surface area (Å²) in [6, 6.07) is 0. The highest BCUT2D eigenvalue weighted by molar-refractivity contribution is 8.00. The van der Waals surface area contributed by atoms with E-state index in [0.717, 1.165) is 52.1 Å². The van der Waals surface area contributed by atoms with E-state index in [-0.39, 0.29) is 10.7 Å². The Labute approximate surface area is 125 Å². The van der Waals surface area contributed by atoms with Crippen LogP contribution in [-0.4, -0.2) is 49.8 Å². The number of carbonyl (C=O) groups is 1. The zero-order valence-electron chi connectivity index (χ0n) is 12.4. The first-order chi connectivity index (χ1) is 9.70. The average Bonchev–Trinajstić information content (AvgIpc) is 3.20.